The summed E-state index contributed by atoms with van der Waals surface area (Å²) in [7, 11) is -10.8. The van der Waals surface area contributed by atoms with Gasteiger partial charge in [0.2, 0.25) is 0 Å². The van der Waals surface area contributed by atoms with E-state index in [1.165, 1.54) is 12.4 Å². The van der Waals surface area contributed by atoms with Gasteiger partial charge in [0.05, 0.1) is 12.9 Å². The Bertz CT molecular complexity index is 429. The monoisotopic (exact) mass is 332 g/mol. The first-order chi connectivity index (χ1) is 9.08. The summed E-state index contributed by atoms with van der Waals surface area (Å²) in [6.07, 6.45) is 3.51. The highest BCUT2D eigenvalue weighted by atomic mass is 31.2. The molecular formula is C9H22N2O7P2. The van der Waals surface area contributed by atoms with Gasteiger partial charge in [0.15, 0.2) is 0 Å². The number of aromatic nitrogens is 2. The van der Waals surface area contributed by atoms with Crippen LogP contribution in [0.15, 0.2) is 18.7 Å². The van der Waals surface area contributed by atoms with Gasteiger partial charge in [-0.25, -0.2) is 4.98 Å². The van der Waals surface area contributed by atoms with Gasteiger partial charge in [-0.2, -0.15) is 0 Å². The molecule has 20 heavy (non-hydrogen) atoms. The van der Waals surface area contributed by atoms with Gasteiger partial charge in [-0.05, 0) is 0 Å². The van der Waals surface area contributed by atoms with Crippen LogP contribution in [0.3, 0.4) is 0 Å². The molecule has 0 aliphatic rings. The molecular weight excluding hydrogens is 310 g/mol. The van der Waals surface area contributed by atoms with Crippen molar-refractivity contribution in [2.24, 2.45) is 0 Å². The number of aliphatic hydroxyl groups is 1. The summed E-state index contributed by atoms with van der Waals surface area (Å²) in [6, 6.07) is 0. The number of imidazole rings is 1. The van der Waals surface area contributed by atoms with Gasteiger partial charge in [0.1, 0.15) is 0 Å². The molecule has 0 unspecified atom stereocenters. The SMILES string of the molecule is CC.CC.O=P(O)(O)C(O)(Cn1ccnc1)P(=O)(O)O. The third-order valence-electron chi connectivity index (χ3n) is 1.89. The summed E-state index contributed by atoms with van der Waals surface area (Å²) >= 11 is 0. The van der Waals surface area contributed by atoms with Crippen LogP contribution in [-0.4, -0.2) is 39.3 Å². The molecule has 1 aromatic rings. The van der Waals surface area contributed by atoms with Crippen molar-refractivity contribution in [2.45, 2.75) is 39.3 Å². The average molecular weight is 332 g/mol. The van der Waals surface area contributed by atoms with Crippen LogP contribution in [0.5, 0.6) is 0 Å². The minimum absolute atomic E-state index is 0.957. The fourth-order valence-electron chi connectivity index (χ4n) is 0.979. The molecule has 0 aliphatic carbocycles. The minimum atomic E-state index is -5.41. The van der Waals surface area contributed by atoms with E-state index in [-0.39, 0.29) is 0 Å². The first kappa shape index (κ1) is 21.8. The lowest BCUT2D eigenvalue weighted by Crippen LogP contribution is -2.33. The van der Waals surface area contributed by atoms with E-state index in [4.69, 9.17) is 19.6 Å². The summed E-state index contributed by atoms with van der Waals surface area (Å²) in [5, 5.41) is 6.04. The van der Waals surface area contributed by atoms with Crippen molar-refractivity contribution in [1.82, 2.24) is 9.55 Å². The van der Waals surface area contributed by atoms with Crippen LogP contribution in [0, 0.1) is 0 Å². The summed E-state index contributed by atoms with van der Waals surface area (Å²) in [5.41, 5.74) is 0. The molecule has 5 N–H and O–H groups in total. The van der Waals surface area contributed by atoms with Crippen molar-refractivity contribution >= 4 is 15.2 Å². The second-order valence-electron chi connectivity index (χ2n) is 3.10. The zero-order chi connectivity index (χ0) is 16.6. The van der Waals surface area contributed by atoms with Crippen molar-refractivity contribution in [1.29, 1.82) is 0 Å². The summed E-state index contributed by atoms with van der Waals surface area (Å²) in [4.78, 5) is 38.7. The Balaban J connectivity index is 0. The van der Waals surface area contributed by atoms with E-state index >= 15 is 0 Å². The van der Waals surface area contributed by atoms with Crippen LogP contribution in [0.1, 0.15) is 27.7 Å². The Labute approximate surface area is 117 Å². The molecule has 0 radical (unpaired) electrons. The van der Waals surface area contributed by atoms with Crippen molar-refractivity contribution in [2.75, 3.05) is 0 Å². The lowest BCUT2D eigenvalue weighted by Gasteiger charge is -2.29. The lowest BCUT2D eigenvalue weighted by atomic mass is 10.6. The predicted octanol–water partition coefficient (Wildman–Crippen LogP) is 0.937. The largest absolute Gasteiger partial charge is 0.371 e. The predicted molar refractivity (Wildman–Crippen MR) is 74.0 cm³/mol. The molecule has 0 aliphatic heterocycles. The second kappa shape index (κ2) is 8.69. The molecule has 0 spiro atoms. The van der Waals surface area contributed by atoms with Crippen LogP contribution in [0.4, 0.5) is 0 Å². The van der Waals surface area contributed by atoms with Crippen molar-refractivity contribution in [3.63, 3.8) is 0 Å². The Morgan fingerprint density at radius 1 is 1.05 bits per heavy atom. The molecule has 11 heteroatoms. The van der Waals surface area contributed by atoms with Crippen molar-refractivity contribution in [3.8, 4) is 0 Å². The first-order valence-corrected chi connectivity index (χ1v) is 9.10. The van der Waals surface area contributed by atoms with Gasteiger partial charge in [0.25, 0.3) is 5.08 Å². The fourth-order valence-corrected chi connectivity index (χ4v) is 3.03. The van der Waals surface area contributed by atoms with E-state index in [0.29, 0.717) is 0 Å². The minimum Gasteiger partial charge on any atom is -0.366 e. The molecule has 120 valence electrons. The Hall–Kier alpha value is -0.530. The molecule has 1 rings (SSSR count). The standard InChI is InChI=1S/C5H10N2O7P2.2C2H6/c8-5(15(9,10)11,16(12,13)14)3-7-2-1-6-4-7;2*1-2/h1-2,4,8H,3H2,(H2,9,10,11)(H2,12,13,14);2*1-2H3. The van der Waals surface area contributed by atoms with Gasteiger partial charge < -0.3 is 29.2 Å². The molecule has 0 bridgehead atoms. The second-order valence-corrected chi connectivity index (χ2v) is 7.11. The maximum Gasteiger partial charge on any atom is 0.371 e. The molecule has 0 atom stereocenters. The highest BCUT2D eigenvalue weighted by molar-refractivity contribution is 7.72. The molecule has 0 aromatic carbocycles. The quantitative estimate of drug-likeness (QED) is 0.510. The normalized spacial score (nSPS) is 11.8. The maximum atomic E-state index is 10.9. The van der Waals surface area contributed by atoms with Crippen LogP contribution < -0.4 is 0 Å². The topological polar surface area (TPSA) is 153 Å². The number of rotatable bonds is 4. The van der Waals surface area contributed by atoms with E-state index in [9.17, 15) is 14.2 Å². The molecule has 1 aromatic heterocycles. The van der Waals surface area contributed by atoms with E-state index in [2.05, 4.69) is 4.98 Å². The Morgan fingerprint density at radius 3 is 1.70 bits per heavy atom. The van der Waals surface area contributed by atoms with E-state index in [1.54, 1.807) is 0 Å². The first-order valence-electron chi connectivity index (χ1n) is 5.87. The summed E-state index contributed by atoms with van der Waals surface area (Å²) < 4.78 is 22.8. The van der Waals surface area contributed by atoms with E-state index in [0.717, 1.165) is 10.9 Å². The van der Waals surface area contributed by atoms with Crippen LogP contribution in [-0.2, 0) is 15.7 Å². The van der Waals surface area contributed by atoms with Crippen LogP contribution in [0.25, 0.3) is 0 Å². The molecule has 0 fully saturated rings. The van der Waals surface area contributed by atoms with Crippen LogP contribution in [0.2, 0.25) is 0 Å². The van der Waals surface area contributed by atoms with Crippen molar-refractivity contribution < 1.29 is 33.8 Å². The van der Waals surface area contributed by atoms with Crippen molar-refractivity contribution in [3.05, 3.63) is 18.7 Å². The third kappa shape index (κ3) is 5.46. The van der Waals surface area contributed by atoms with E-state index in [1.807, 2.05) is 27.7 Å². The molecule has 0 saturated carbocycles. The third-order valence-corrected chi connectivity index (χ3v) is 5.60. The zero-order valence-corrected chi connectivity index (χ0v) is 13.6. The van der Waals surface area contributed by atoms with E-state index < -0.39 is 26.8 Å². The van der Waals surface area contributed by atoms with Gasteiger partial charge in [0, 0.05) is 12.4 Å². The molecule has 0 saturated heterocycles. The Morgan fingerprint density at radius 2 is 1.45 bits per heavy atom. The van der Waals surface area contributed by atoms with Gasteiger partial charge >= 0.3 is 15.2 Å². The van der Waals surface area contributed by atoms with Gasteiger partial charge in [-0.1, -0.05) is 27.7 Å². The molecule has 9 nitrogen and oxygen atoms in total. The summed E-state index contributed by atoms with van der Waals surface area (Å²) in [6.45, 7) is 7.04. The summed E-state index contributed by atoms with van der Waals surface area (Å²) in [5.74, 6) is 0. The number of hydrogen-bond donors (Lipinski definition) is 5. The van der Waals surface area contributed by atoms with Gasteiger partial charge in [-0.15, -0.1) is 0 Å². The fraction of sp³-hybridized carbons (Fsp3) is 0.667. The molecule has 0 amide bonds. The maximum absolute atomic E-state index is 10.9. The average Bonchev–Trinajstić information content (AvgIpc) is 2.84. The zero-order valence-electron chi connectivity index (χ0n) is 11.8. The Kier molecular flexibility index (Phi) is 9.46. The lowest BCUT2D eigenvalue weighted by molar-refractivity contribution is 0.115. The number of nitrogens with zero attached hydrogens (tertiary/aromatic N) is 2. The van der Waals surface area contributed by atoms with Crippen LogP contribution >= 0.6 is 15.2 Å². The van der Waals surface area contributed by atoms with Gasteiger partial charge in [-0.3, -0.25) is 9.13 Å². The smallest absolute Gasteiger partial charge is 0.366 e. The highest BCUT2D eigenvalue weighted by Crippen LogP contribution is 2.67. The number of hydrogen-bond acceptors (Lipinski definition) is 4. The molecule has 1 heterocycles. The highest BCUT2D eigenvalue weighted by Gasteiger charge is 2.59.